The Morgan fingerprint density at radius 1 is 1.05 bits per heavy atom. The first-order valence-electron chi connectivity index (χ1n) is 8.47. The second-order valence-electron chi connectivity index (χ2n) is 6.70. The summed E-state index contributed by atoms with van der Waals surface area (Å²) in [4.78, 5) is 0. The molecule has 2 aromatic rings. The summed E-state index contributed by atoms with van der Waals surface area (Å²) in [5, 5.41) is 6.31. The highest BCUT2D eigenvalue weighted by Gasteiger charge is 2.29. The monoisotopic (exact) mass is 281 g/mol. The quantitative estimate of drug-likeness (QED) is 0.834. The van der Waals surface area contributed by atoms with E-state index in [1.54, 1.807) is 5.56 Å². The van der Waals surface area contributed by atoms with Gasteiger partial charge in [-0.3, -0.25) is 0 Å². The Morgan fingerprint density at radius 2 is 1.86 bits per heavy atom. The molecule has 0 spiro atoms. The minimum atomic E-state index is 0.720. The van der Waals surface area contributed by atoms with Gasteiger partial charge in [0.15, 0.2) is 0 Å². The summed E-state index contributed by atoms with van der Waals surface area (Å²) in [5.41, 5.74) is 1.54. The number of fused-ring (bicyclic) bond motifs is 1. The number of rotatable bonds is 4. The molecular weight excluding hydrogens is 254 g/mol. The van der Waals surface area contributed by atoms with Crippen molar-refractivity contribution in [2.24, 2.45) is 11.8 Å². The molecule has 112 valence electrons. The molecule has 21 heavy (non-hydrogen) atoms. The lowest BCUT2D eigenvalue weighted by molar-refractivity contribution is 0.243. The first-order chi connectivity index (χ1) is 10.3. The van der Waals surface area contributed by atoms with E-state index in [1.807, 2.05) is 0 Å². The molecule has 2 aromatic carbocycles. The highest BCUT2D eigenvalue weighted by atomic mass is 14.8. The summed E-state index contributed by atoms with van der Waals surface area (Å²) < 4.78 is 0. The van der Waals surface area contributed by atoms with Gasteiger partial charge in [0.05, 0.1) is 0 Å². The number of nitrogens with one attached hydrogen (secondary N) is 1. The molecule has 1 aliphatic carbocycles. The van der Waals surface area contributed by atoms with E-state index in [9.17, 15) is 0 Å². The smallest absolute Gasteiger partial charge is 0.00148 e. The Morgan fingerprint density at radius 3 is 2.67 bits per heavy atom. The molecule has 3 rings (SSSR count). The SMILES string of the molecule is CCNCC1CCC(C)CC1c1ccc2ccccc2c1. The molecule has 3 atom stereocenters. The Balaban J connectivity index is 1.88. The van der Waals surface area contributed by atoms with Crippen molar-refractivity contribution in [2.45, 2.75) is 39.0 Å². The maximum Gasteiger partial charge on any atom is -0.00148 e. The molecule has 1 aliphatic rings. The molecule has 0 saturated heterocycles. The Hall–Kier alpha value is -1.34. The van der Waals surface area contributed by atoms with Gasteiger partial charge in [-0.05, 0) is 60.0 Å². The summed E-state index contributed by atoms with van der Waals surface area (Å²) in [5.74, 6) is 2.37. The van der Waals surface area contributed by atoms with E-state index in [-0.39, 0.29) is 0 Å². The molecule has 0 aromatic heterocycles. The van der Waals surface area contributed by atoms with Gasteiger partial charge in [-0.25, -0.2) is 0 Å². The third-order valence-electron chi connectivity index (χ3n) is 5.11. The fourth-order valence-electron chi connectivity index (χ4n) is 3.86. The third-order valence-corrected chi connectivity index (χ3v) is 5.11. The summed E-state index contributed by atoms with van der Waals surface area (Å²) in [7, 11) is 0. The van der Waals surface area contributed by atoms with E-state index in [0.717, 1.165) is 24.3 Å². The van der Waals surface area contributed by atoms with Crippen molar-refractivity contribution in [1.82, 2.24) is 5.32 Å². The van der Waals surface area contributed by atoms with Crippen LogP contribution in [-0.4, -0.2) is 13.1 Å². The van der Waals surface area contributed by atoms with Gasteiger partial charge in [-0.2, -0.15) is 0 Å². The summed E-state index contributed by atoms with van der Waals surface area (Å²) in [6, 6.07) is 15.8. The molecule has 1 heteroatoms. The largest absolute Gasteiger partial charge is 0.317 e. The molecule has 1 N–H and O–H groups in total. The Bertz CT molecular complexity index is 587. The second kappa shape index (κ2) is 6.62. The van der Waals surface area contributed by atoms with E-state index < -0.39 is 0 Å². The van der Waals surface area contributed by atoms with Crippen LogP contribution in [0.2, 0.25) is 0 Å². The predicted molar refractivity (Wildman–Crippen MR) is 91.7 cm³/mol. The van der Waals surface area contributed by atoms with E-state index in [0.29, 0.717) is 0 Å². The molecule has 0 aliphatic heterocycles. The van der Waals surface area contributed by atoms with Crippen molar-refractivity contribution in [3.63, 3.8) is 0 Å². The van der Waals surface area contributed by atoms with Crippen molar-refractivity contribution >= 4 is 10.8 Å². The van der Waals surface area contributed by atoms with Gasteiger partial charge < -0.3 is 5.32 Å². The minimum absolute atomic E-state index is 0.720. The highest BCUT2D eigenvalue weighted by molar-refractivity contribution is 5.83. The summed E-state index contributed by atoms with van der Waals surface area (Å²) in [6.45, 7) is 6.87. The van der Waals surface area contributed by atoms with Gasteiger partial charge >= 0.3 is 0 Å². The van der Waals surface area contributed by atoms with Crippen LogP contribution < -0.4 is 5.32 Å². The summed E-state index contributed by atoms with van der Waals surface area (Å²) in [6.07, 6.45) is 4.10. The van der Waals surface area contributed by atoms with Gasteiger partial charge in [-0.15, -0.1) is 0 Å². The maximum atomic E-state index is 3.57. The van der Waals surface area contributed by atoms with Crippen molar-refractivity contribution < 1.29 is 0 Å². The molecule has 1 nitrogen and oxygen atoms in total. The molecule has 1 fully saturated rings. The van der Waals surface area contributed by atoms with Crippen LogP contribution in [0.4, 0.5) is 0 Å². The standard InChI is InChI=1S/C20H27N/c1-3-21-14-19-9-8-15(2)12-20(19)18-11-10-16-6-4-5-7-17(16)13-18/h4-7,10-11,13,15,19-21H,3,8-9,12,14H2,1-2H3. The second-order valence-corrected chi connectivity index (χ2v) is 6.70. The zero-order valence-electron chi connectivity index (χ0n) is 13.3. The summed E-state index contributed by atoms with van der Waals surface area (Å²) >= 11 is 0. The van der Waals surface area contributed by atoms with Gasteiger partial charge in [0.2, 0.25) is 0 Å². The van der Waals surface area contributed by atoms with Crippen LogP contribution in [-0.2, 0) is 0 Å². The molecular formula is C20H27N. The van der Waals surface area contributed by atoms with E-state index >= 15 is 0 Å². The molecule has 0 heterocycles. The molecule has 0 amide bonds. The van der Waals surface area contributed by atoms with Crippen molar-refractivity contribution in [1.29, 1.82) is 0 Å². The van der Waals surface area contributed by atoms with Gasteiger partial charge in [0.25, 0.3) is 0 Å². The van der Waals surface area contributed by atoms with Crippen LogP contribution in [0, 0.1) is 11.8 Å². The fraction of sp³-hybridized carbons (Fsp3) is 0.500. The van der Waals surface area contributed by atoms with Crippen molar-refractivity contribution in [3.05, 3.63) is 48.0 Å². The van der Waals surface area contributed by atoms with Crippen LogP contribution >= 0.6 is 0 Å². The predicted octanol–water partition coefficient (Wildman–Crippen LogP) is 4.97. The first-order valence-corrected chi connectivity index (χ1v) is 8.47. The normalized spacial score (nSPS) is 26.1. The lowest BCUT2D eigenvalue weighted by Crippen LogP contribution is -2.31. The van der Waals surface area contributed by atoms with E-state index in [1.165, 1.54) is 36.6 Å². The number of hydrogen-bond donors (Lipinski definition) is 1. The average molecular weight is 281 g/mol. The van der Waals surface area contributed by atoms with Crippen molar-refractivity contribution in [3.8, 4) is 0 Å². The average Bonchev–Trinajstić information content (AvgIpc) is 2.53. The molecule has 3 unspecified atom stereocenters. The number of benzene rings is 2. The molecule has 1 saturated carbocycles. The third kappa shape index (κ3) is 3.29. The van der Waals surface area contributed by atoms with Gasteiger partial charge in [0.1, 0.15) is 0 Å². The van der Waals surface area contributed by atoms with E-state index in [4.69, 9.17) is 0 Å². The topological polar surface area (TPSA) is 12.0 Å². The van der Waals surface area contributed by atoms with Crippen molar-refractivity contribution in [2.75, 3.05) is 13.1 Å². The van der Waals surface area contributed by atoms with Gasteiger partial charge in [-0.1, -0.05) is 62.7 Å². The Kier molecular flexibility index (Phi) is 4.60. The zero-order chi connectivity index (χ0) is 14.7. The zero-order valence-corrected chi connectivity index (χ0v) is 13.3. The molecule has 0 radical (unpaired) electrons. The van der Waals surface area contributed by atoms with Crippen LogP contribution in [0.1, 0.15) is 44.6 Å². The fourth-order valence-corrected chi connectivity index (χ4v) is 3.86. The van der Waals surface area contributed by atoms with E-state index in [2.05, 4.69) is 61.6 Å². The van der Waals surface area contributed by atoms with Crippen LogP contribution in [0.15, 0.2) is 42.5 Å². The van der Waals surface area contributed by atoms with Gasteiger partial charge in [0, 0.05) is 0 Å². The lowest BCUT2D eigenvalue weighted by Gasteiger charge is -2.35. The molecule has 0 bridgehead atoms. The Labute approximate surface area is 128 Å². The first kappa shape index (κ1) is 14.6. The van der Waals surface area contributed by atoms with Crippen LogP contribution in [0.5, 0.6) is 0 Å². The minimum Gasteiger partial charge on any atom is -0.317 e. The number of hydrogen-bond acceptors (Lipinski definition) is 1. The van der Waals surface area contributed by atoms with Crippen LogP contribution in [0.3, 0.4) is 0 Å². The lowest BCUT2D eigenvalue weighted by atomic mass is 9.71. The maximum absolute atomic E-state index is 3.57. The van der Waals surface area contributed by atoms with Crippen LogP contribution in [0.25, 0.3) is 10.8 Å². The highest BCUT2D eigenvalue weighted by Crippen LogP contribution is 2.40.